The van der Waals surface area contributed by atoms with Crippen LogP contribution in [0.3, 0.4) is 0 Å². The van der Waals surface area contributed by atoms with E-state index in [0.29, 0.717) is 28.5 Å². The van der Waals surface area contributed by atoms with E-state index in [2.05, 4.69) is 10.4 Å². The zero-order valence-electron chi connectivity index (χ0n) is 17.6. The smallest absolute Gasteiger partial charge is 0.288 e. The highest BCUT2D eigenvalue weighted by Crippen LogP contribution is 2.20. The summed E-state index contributed by atoms with van der Waals surface area (Å²) in [5.74, 6) is 0.774. The first-order valence-corrected chi connectivity index (χ1v) is 9.88. The predicted molar refractivity (Wildman–Crippen MR) is 121 cm³/mol. The summed E-state index contributed by atoms with van der Waals surface area (Å²) in [6.45, 7) is 0. The second kappa shape index (κ2) is 9.18. The molecule has 0 saturated heterocycles. The van der Waals surface area contributed by atoms with Gasteiger partial charge in [-0.1, -0.05) is 42.5 Å². The zero-order chi connectivity index (χ0) is 22.5. The van der Waals surface area contributed by atoms with Gasteiger partial charge in [-0.05, 0) is 48.0 Å². The van der Waals surface area contributed by atoms with Gasteiger partial charge in [0.1, 0.15) is 17.2 Å². The molecule has 7 heteroatoms. The third kappa shape index (κ3) is 4.37. The van der Waals surface area contributed by atoms with E-state index in [1.165, 1.54) is 5.01 Å². The molecule has 0 saturated carbocycles. The minimum Gasteiger partial charge on any atom is -0.497 e. The Morgan fingerprint density at radius 3 is 2.06 bits per heavy atom. The maximum Gasteiger partial charge on any atom is 0.288 e. The second-order valence-corrected chi connectivity index (χ2v) is 6.91. The van der Waals surface area contributed by atoms with Crippen molar-refractivity contribution in [3.63, 3.8) is 0 Å². The van der Waals surface area contributed by atoms with Crippen molar-refractivity contribution in [2.75, 3.05) is 14.2 Å². The number of amides is 2. The van der Waals surface area contributed by atoms with Crippen LogP contribution in [0.4, 0.5) is 0 Å². The van der Waals surface area contributed by atoms with Gasteiger partial charge in [0, 0.05) is 11.1 Å². The van der Waals surface area contributed by atoms with Crippen LogP contribution in [0.5, 0.6) is 11.5 Å². The van der Waals surface area contributed by atoms with Gasteiger partial charge in [0.15, 0.2) is 5.84 Å². The summed E-state index contributed by atoms with van der Waals surface area (Å²) >= 11 is 0. The molecule has 0 spiro atoms. The summed E-state index contributed by atoms with van der Waals surface area (Å²) in [6.07, 6.45) is 1.66. The minimum atomic E-state index is -0.484. The summed E-state index contributed by atoms with van der Waals surface area (Å²) in [5.41, 5.74) is 4.72. The maximum atomic E-state index is 13.2. The number of carbonyl (C=O) groups excluding carboxylic acids is 2. The van der Waals surface area contributed by atoms with Crippen molar-refractivity contribution in [2.45, 2.75) is 0 Å². The van der Waals surface area contributed by atoms with E-state index in [-0.39, 0.29) is 5.70 Å². The van der Waals surface area contributed by atoms with Gasteiger partial charge < -0.3 is 9.47 Å². The Hall–Kier alpha value is -4.39. The molecule has 7 nitrogen and oxygen atoms in total. The van der Waals surface area contributed by atoms with Gasteiger partial charge in [0.2, 0.25) is 0 Å². The molecule has 0 bridgehead atoms. The molecule has 0 aromatic heterocycles. The molecule has 3 aromatic carbocycles. The first-order chi connectivity index (χ1) is 15.6. The van der Waals surface area contributed by atoms with E-state index < -0.39 is 11.8 Å². The zero-order valence-corrected chi connectivity index (χ0v) is 17.6. The normalized spacial score (nSPS) is 14.6. The van der Waals surface area contributed by atoms with Crippen LogP contribution in [-0.2, 0) is 4.79 Å². The van der Waals surface area contributed by atoms with Gasteiger partial charge in [0.05, 0.1) is 14.2 Å². The summed E-state index contributed by atoms with van der Waals surface area (Å²) in [7, 11) is 3.14. The van der Waals surface area contributed by atoms with Crippen LogP contribution in [0.25, 0.3) is 6.08 Å². The molecule has 0 atom stereocenters. The fraction of sp³-hybridized carbons (Fsp3) is 0.0800. The molecular formula is C25H21N3O4. The average molecular weight is 427 g/mol. The van der Waals surface area contributed by atoms with Crippen molar-refractivity contribution in [3.05, 3.63) is 101 Å². The Labute approximate surface area is 185 Å². The number of aliphatic imine (C=N–C) groups is 1. The fourth-order valence-electron chi connectivity index (χ4n) is 3.17. The van der Waals surface area contributed by atoms with Gasteiger partial charge in [0.25, 0.3) is 11.8 Å². The van der Waals surface area contributed by atoms with Crippen molar-refractivity contribution >= 4 is 23.7 Å². The molecule has 0 unspecified atom stereocenters. The van der Waals surface area contributed by atoms with Crippen LogP contribution >= 0.6 is 0 Å². The third-order valence-electron chi connectivity index (χ3n) is 4.88. The monoisotopic (exact) mass is 427 g/mol. The van der Waals surface area contributed by atoms with Crippen LogP contribution in [0.15, 0.2) is 89.6 Å². The van der Waals surface area contributed by atoms with Crippen molar-refractivity contribution in [2.24, 2.45) is 4.99 Å². The lowest BCUT2D eigenvalue weighted by Gasteiger charge is -2.28. The summed E-state index contributed by atoms with van der Waals surface area (Å²) in [5, 5.41) is 1.17. The Bertz CT molecular complexity index is 1180. The van der Waals surface area contributed by atoms with E-state index in [0.717, 1.165) is 5.56 Å². The lowest BCUT2D eigenvalue weighted by Crippen LogP contribution is -2.53. The van der Waals surface area contributed by atoms with E-state index in [4.69, 9.17) is 9.47 Å². The van der Waals surface area contributed by atoms with Gasteiger partial charge in [-0.3, -0.25) is 15.0 Å². The quantitative estimate of drug-likeness (QED) is 0.630. The van der Waals surface area contributed by atoms with Crippen LogP contribution in [-0.4, -0.2) is 36.9 Å². The number of hydrazine groups is 1. The van der Waals surface area contributed by atoms with E-state index >= 15 is 0 Å². The molecule has 4 rings (SSSR count). The number of carbonyl (C=O) groups is 2. The number of hydrogen-bond donors (Lipinski definition) is 1. The molecule has 0 fully saturated rings. The summed E-state index contributed by atoms with van der Waals surface area (Å²) in [4.78, 5) is 30.6. The molecule has 1 heterocycles. The number of methoxy groups -OCH3 is 2. The van der Waals surface area contributed by atoms with Crippen LogP contribution in [0.1, 0.15) is 21.5 Å². The molecule has 0 radical (unpaired) electrons. The van der Waals surface area contributed by atoms with E-state index in [9.17, 15) is 9.59 Å². The Morgan fingerprint density at radius 2 is 1.47 bits per heavy atom. The lowest BCUT2D eigenvalue weighted by atomic mass is 10.1. The molecule has 32 heavy (non-hydrogen) atoms. The van der Waals surface area contributed by atoms with Crippen molar-refractivity contribution in [1.29, 1.82) is 0 Å². The van der Waals surface area contributed by atoms with E-state index in [1.807, 2.05) is 42.5 Å². The number of benzene rings is 3. The highest BCUT2D eigenvalue weighted by molar-refractivity contribution is 6.18. The molecule has 2 amide bonds. The molecule has 160 valence electrons. The summed E-state index contributed by atoms with van der Waals surface area (Å²) in [6, 6.07) is 23.1. The van der Waals surface area contributed by atoms with Crippen molar-refractivity contribution in [3.8, 4) is 11.5 Å². The number of amidine groups is 1. The van der Waals surface area contributed by atoms with Crippen molar-refractivity contribution < 1.29 is 19.1 Å². The topological polar surface area (TPSA) is 80.2 Å². The number of rotatable bonds is 5. The Balaban J connectivity index is 1.74. The first kappa shape index (κ1) is 20.9. The summed E-state index contributed by atoms with van der Waals surface area (Å²) < 4.78 is 10.3. The minimum absolute atomic E-state index is 0.188. The molecule has 3 aromatic rings. The lowest BCUT2D eigenvalue weighted by molar-refractivity contribution is -0.120. The van der Waals surface area contributed by atoms with Gasteiger partial charge in [-0.15, -0.1) is 0 Å². The largest absolute Gasteiger partial charge is 0.497 e. The molecule has 0 aliphatic carbocycles. The molecule has 1 aliphatic heterocycles. The van der Waals surface area contributed by atoms with Crippen molar-refractivity contribution in [1.82, 2.24) is 10.4 Å². The molecular weight excluding hydrogens is 406 g/mol. The van der Waals surface area contributed by atoms with Gasteiger partial charge in [-0.25, -0.2) is 4.99 Å². The Kier molecular flexibility index (Phi) is 5.98. The van der Waals surface area contributed by atoms with E-state index in [1.54, 1.807) is 56.7 Å². The molecule has 1 N–H and O–H groups in total. The molecule has 1 aliphatic rings. The highest BCUT2D eigenvalue weighted by Gasteiger charge is 2.30. The van der Waals surface area contributed by atoms with Crippen LogP contribution < -0.4 is 14.9 Å². The maximum absolute atomic E-state index is 13.2. The Morgan fingerprint density at radius 1 is 0.875 bits per heavy atom. The van der Waals surface area contributed by atoms with Gasteiger partial charge in [-0.2, -0.15) is 5.01 Å². The average Bonchev–Trinajstić information content (AvgIpc) is 2.85. The first-order valence-electron chi connectivity index (χ1n) is 9.88. The number of nitrogens with one attached hydrogen (secondary N) is 1. The van der Waals surface area contributed by atoms with Gasteiger partial charge >= 0.3 is 0 Å². The van der Waals surface area contributed by atoms with Crippen LogP contribution in [0, 0.1) is 0 Å². The number of nitrogens with zero attached hydrogens (tertiary/aromatic N) is 2. The highest BCUT2D eigenvalue weighted by atomic mass is 16.5. The number of ether oxygens (including phenoxy) is 2. The second-order valence-electron chi connectivity index (χ2n) is 6.91. The standard InChI is InChI=1S/C25H21N3O4/c1-31-20-12-8-17(9-13-20)16-22-24(29)27-28(23(26-22)18-6-4-3-5-7-18)25(30)19-10-14-21(32-2)15-11-19/h3-16H,1-2H3,(H,27,29)/b22-16+. The number of hydrogen-bond acceptors (Lipinski definition) is 5. The SMILES string of the molecule is COc1ccc(/C=C2/N=C(c3ccccc3)N(C(=O)c3ccc(OC)cc3)NC2=O)cc1. The predicted octanol–water partition coefficient (Wildman–Crippen LogP) is 3.68. The fourth-order valence-corrected chi connectivity index (χ4v) is 3.17. The van der Waals surface area contributed by atoms with Crippen LogP contribution in [0.2, 0.25) is 0 Å². The third-order valence-corrected chi connectivity index (χ3v) is 4.88.